The lowest BCUT2D eigenvalue weighted by atomic mass is 10.0. The summed E-state index contributed by atoms with van der Waals surface area (Å²) in [4.78, 5) is 14.8. The number of hydrogen-bond donors (Lipinski definition) is 2. The van der Waals surface area contributed by atoms with Crippen LogP contribution >= 0.6 is 0 Å². The van der Waals surface area contributed by atoms with Crippen LogP contribution in [0.4, 0.5) is 0 Å². The van der Waals surface area contributed by atoms with E-state index >= 15 is 0 Å². The number of nitrogens with zero attached hydrogens (tertiary/aromatic N) is 1. The maximum atomic E-state index is 12.6. The van der Waals surface area contributed by atoms with E-state index in [1.165, 1.54) is 6.08 Å². The lowest BCUT2D eigenvalue weighted by Gasteiger charge is -2.31. The maximum Gasteiger partial charge on any atom is 0.235 e. The SMILES string of the molecule is Cc1ccc(/C=C/S(=O)(=O)NCC(=O)NC(CN2CCOCC2)c2ccc(C)cc2)cc1. The van der Waals surface area contributed by atoms with E-state index in [0.29, 0.717) is 19.8 Å². The van der Waals surface area contributed by atoms with Crippen molar-refractivity contribution in [3.8, 4) is 0 Å². The highest BCUT2D eigenvalue weighted by Crippen LogP contribution is 2.16. The molecule has 0 aliphatic carbocycles. The number of morpholine rings is 1. The Morgan fingerprint density at radius 2 is 1.62 bits per heavy atom. The van der Waals surface area contributed by atoms with Gasteiger partial charge in [0.25, 0.3) is 0 Å². The first-order valence-corrected chi connectivity index (χ1v) is 12.3. The van der Waals surface area contributed by atoms with Gasteiger partial charge in [-0.1, -0.05) is 59.7 Å². The molecule has 0 spiro atoms. The van der Waals surface area contributed by atoms with E-state index in [4.69, 9.17) is 4.74 Å². The number of carbonyl (C=O) groups is 1. The van der Waals surface area contributed by atoms with Crippen LogP contribution in [0, 0.1) is 13.8 Å². The van der Waals surface area contributed by atoms with Crippen LogP contribution in [0.2, 0.25) is 0 Å². The van der Waals surface area contributed by atoms with E-state index in [9.17, 15) is 13.2 Å². The zero-order valence-electron chi connectivity index (χ0n) is 18.6. The second kappa shape index (κ2) is 11.4. The molecule has 172 valence electrons. The summed E-state index contributed by atoms with van der Waals surface area (Å²) in [6.45, 7) is 7.22. The maximum absolute atomic E-state index is 12.6. The van der Waals surface area contributed by atoms with Gasteiger partial charge in [0.2, 0.25) is 15.9 Å². The molecule has 1 saturated heterocycles. The van der Waals surface area contributed by atoms with Crippen LogP contribution in [0.15, 0.2) is 53.9 Å². The standard InChI is InChI=1S/C24H31N3O4S/c1-19-3-7-21(8-4-19)11-16-32(29,30)25-17-24(28)26-23(18-27-12-14-31-15-13-27)22-9-5-20(2)6-10-22/h3-11,16,23,25H,12-15,17-18H2,1-2H3,(H,26,28)/b16-11+. The zero-order chi connectivity index (χ0) is 23.0. The van der Waals surface area contributed by atoms with Gasteiger partial charge in [0, 0.05) is 25.0 Å². The molecule has 0 saturated carbocycles. The number of nitrogens with one attached hydrogen (secondary N) is 2. The van der Waals surface area contributed by atoms with Gasteiger partial charge in [-0.25, -0.2) is 13.1 Å². The first-order valence-electron chi connectivity index (χ1n) is 10.7. The van der Waals surface area contributed by atoms with E-state index in [1.807, 2.05) is 62.4 Å². The molecule has 3 rings (SSSR count). The quantitative estimate of drug-likeness (QED) is 0.604. The molecule has 8 heteroatoms. The number of ether oxygens (including phenoxy) is 1. The minimum Gasteiger partial charge on any atom is -0.379 e. The average molecular weight is 458 g/mol. The topological polar surface area (TPSA) is 87.7 Å². The molecular weight excluding hydrogens is 426 g/mol. The van der Waals surface area contributed by atoms with Gasteiger partial charge in [0.15, 0.2) is 0 Å². The molecule has 32 heavy (non-hydrogen) atoms. The summed E-state index contributed by atoms with van der Waals surface area (Å²) in [5, 5.41) is 4.06. The second-order valence-electron chi connectivity index (χ2n) is 8.02. The molecule has 7 nitrogen and oxygen atoms in total. The van der Waals surface area contributed by atoms with Crippen molar-refractivity contribution in [3.63, 3.8) is 0 Å². The van der Waals surface area contributed by atoms with Crippen molar-refractivity contribution >= 4 is 22.0 Å². The molecule has 1 atom stereocenters. The molecule has 1 heterocycles. The molecule has 0 bridgehead atoms. The first-order chi connectivity index (χ1) is 15.3. The Bertz CT molecular complexity index is 1010. The Hall–Kier alpha value is -2.52. The van der Waals surface area contributed by atoms with Gasteiger partial charge in [-0.3, -0.25) is 9.69 Å². The smallest absolute Gasteiger partial charge is 0.235 e. The van der Waals surface area contributed by atoms with E-state index in [0.717, 1.165) is 40.8 Å². The van der Waals surface area contributed by atoms with Gasteiger partial charge >= 0.3 is 0 Å². The molecule has 2 N–H and O–H groups in total. The van der Waals surface area contributed by atoms with Gasteiger partial charge < -0.3 is 10.1 Å². The summed E-state index contributed by atoms with van der Waals surface area (Å²) in [6.07, 6.45) is 1.51. The van der Waals surface area contributed by atoms with Crippen LogP contribution in [-0.2, 0) is 19.6 Å². The Morgan fingerprint density at radius 3 is 2.25 bits per heavy atom. The summed E-state index contributed by atoms with van der Waals surface area (Å²) >= 11 is 0. The van der Waals surface area contributed by atoms with Crippen LogP contribution in [0.5, 0.6) is 0 Å². The Labute approximate surface area is 190 Å². The van der Waals surface area contributed by atoms with E-state index in [-0.39, 0.29) is 18.5 Å². The monoisotopic (exact) mass is 457 g/mol. The van der Waals surface area contributed by atoms with Crippen LogP contribution in [0.25, 0.3) is 6.08 Å². The minimum absolute atomic E-state index is 0.242. The van der Waals surface area contributed by atoms with Gasteiger partial charge in [-0.2, -0.15) is 0 Å². The Morgan fingerprint density at radius 1 is 1.03 bits per heavy atom. The predicted molar refractivity (Wildman–Crippen MR) is 126 cm³/mol. The number of hydrogen-bond acceptors (Lipinski definition) is 5. The number of sulfonamides is 1. The lowest BCUT2D eigenvalue weighted by Crippen LogP contribution is -2.45. The number of amides is 1. The van der Waals surface area contributed by atoms with Gasteiger partial charge in [-0.05, 0) is 31.1 Å². The molecule has 1 unspecified atom stereocenters. The Kier molecular flexibility index (Phi) is 8.58. The van der Waals surface area contributed by atoms with Gasteiger partial charge in [0.05, 0.1) is 25.8 Å². The molecular formula is C24H31N3O4S. The Balaban J connectivity index is 1.59. The highest BCUT2D eigenvalue weighted by atomic mass is 32.2. The van der Waals surface area contributed by atoms with E-state index in [2.05, 4.69) is 14.9 Å². The third-order valence-electron chi connectivity index (χ3n) is 5.31. The molecule has 1 aliphatic rings. The summed E-state index contributed by atoms with van der Waals surface area (Å²) in [6, 6.07) is 15.3. The fourth-order valence-corrected chi connectivity index (χ4v) is 4.15. The highest BCUT2D eigenvalue weighted by Gasteiger charge is 2.20. The summed E-state index contributed by atoms with van der Waals surface area (Å²) in [5.74, 6) is -0.379. The summed E-state index contributed by atoms with van der Waals surface area (Å²) in [7, 11) is -3.74. The van der Waals surface area contributed by atoms with Crippen LogP contribution in [0.3, 0.4) is 0 Å². The molecule has 2 aromatic carbocycles. The highest BCUT2D eigenvalue weighted by molar-refractivity contribution is 7.92. The number of aryl methyl sites for hydroxylation is 2. The van der Waals surface area contributed by atoms with Crippen LogP contribution < -0.4 is 10.0 Å². The molecule has 2 aromatic rings. The van der Waals surface area contributed by atoms with Crippen molar-refractivity contribution in [1.82, 2.24) is 14.9 Å². The van der Waals surface area contributed by atoms with E-state index in [1.54, 1.807) is 0 Å². The van der Waals surface area contributed by atoms with Crippen LogP contribution in [-0.4, -0.2) is 58.6 Å². The summed E-state index contributed by atoms with van der Waals surface area (Å²) < 4.78 is 32.3. The van der Waals surface area contributed by atoms with Crippen molar-refractivity contribution in [2.75, 3.05) is 39.4 Å². The van der Waals surface area contributed by atoms with Crippen molar-refractivity contribution in [2.45, 2.75) is 19.9 Å². The van der Waals surface area contributed by atoms with E-state index < -0.39 is 10.0 Å². The van der Waals surface area contributed by atoms with Crippen molar-refractivity contribution in [1.29, 1.82) is 0 Å². The molecule has 0 radical (unpaired) electrons. The number of carbonyl (C=O) groups excluding carboxylic acids is 1. The van der Waals surface area contributed by atoms with Gasteiger partial charge in [-0.15, -0.1) is 0 Å². The van der Waals surface area contributed by atoms with Crippen molar-refractivity contribution < 1.29 is 17.9 Å². The first kappa shape index (κ1) is 24.1. The predicted octanol–water partition coefficient (Wildman–Crippen LogP) is 2.38. The molecule has 0 aromatic heterocycles. The normalized spacial score (nSPS) is 16.2. The molecule has 1 fully saturated rings. The lowest BCUT2D eigenvalue weighted by molar-refractivity contribution is -0.120. The fourth-order valence-electron chi connectivity index (χ4n) is 3.38. The molecule has 1 aliphatic heterocycles. The van der Waals surface area contributed by atoms with Gasteiger partial charge in [0.1, 0.15) is 0 Å². The second-order valence-corrected chi connectivity index (χ2v) is 9.67. The number of rotatable bonds is 9. The fraction of sp³-hybridized carbons (Fsp3) is 0.375. The number of benzene rings is 2. The van der Waals surface area contributed by atoms with Crippen molar-refractivity contribution in [3.05, 3.63) is 76.2 Å². The minimum atomic E-state index is -3.74. The third kappa shape index (κ3) is 7.87. The van der Waals surface area contributed by atoms with Crippen LogP contribution in [0.1, 0.15) is 28.3 Å². The largest absolute Gasteiger partial charge is 0.379 e. The average Bonchev–Trinajstić information content (AvgIpc) is 2.78. The zero-order valence-corrected chi connectivity index (χ0v) is 19.4. The van der Waals surface area contributed by atoms with Crippen molar-refractivity contribution in [2.24, 2.45) is 0 Å². The third-order valence-corrected chi connectivity index (χ3v) is 6.35. The molecule has 1 amide bonds. The summed E-state index contributed by atoms with van der Waals surface area (Å²) in [5.41, 5.74) is 3.99.